The quantitative estimate of drug-likeness (QED) is 0.873. The van der Waals surface area contributed by atoms with E-state index in [1.807, 2.05) is 27.7 Å². The molecular formula is C16H26N4O3. The Morgan fingerprint density at radius 2 is 2.09 bits per heavy atom. The lowest BCUT2D eigenvalue weighted by Gasteiger charge is -2.26. The van der Waals surface area contributed by atoms with Gasteiger partial charge in [-0.1, -0.05) is 6.92 Å². The van der Waals surface area contributed by atoms with Gasteiger partial charge in [0.2, 0.25) is 0 Å². The van der Waals surface area contributed by atoms with Gasteiger partial charge in [-0.25, -0.2) is 9.59 Å². The first kappa shape index (κ1) is 18.7. The molecule has 3 amide bonds. The van der Waals surface area contributed by atoms with E-state index in [1.54, 1.807) is 31.6 Å². The Bertz CT molecular complexity index is 514. The molecule has 0 fully saturated rings. The molecule has 0 spiro atoms. The molecule has 0 saturated carbocycles. The van der Waals surface area contributed by atoms with E-state index in [9.17, 15) is 9.59 Å². The van der Waals surface area contributed by atoms with Crippen LogP contribution in [0.2, 0.25) is 0 Å². The van der Waals surface area contributed by atoms with E-state index < -0.39 is 5.60 Å². The molecule has 7 nitrogen and oxygen atoms in total. The molecule has 0 aliphatic carbocycles. The highest BCUT2D eigenvalue weighted by molar-refractivity contribution is 5.88. The molecule has 7 heteroatoms. The summed E-state index contributed by atoms with van der Waals surface area (Å²) in [5.41, 5.74) is 0.111. The molecule has 2 N–H and O–H groups in total. The van der Waals surface area contributed by atoms with Crippen molar-refractivity contribution < 1.29 is 14.3 Å². The predicted octanol–water partition coefficient (Wildman–Crippen LogP) is 2.71. The molecule has 0 aliphatic heterocycles. The molecule has 0 aliphatic rings. The largest absolute Gasteiger partial charge is 0.444 e. The molecule has 0 aromatic carbocycles. The van der Waals surface area contributed by atoms with Gasteiger partial charge in [0.1, 0.15) is 5.60 Å². The number of carbonyl (C=O) groups is 2. The van der Waals surface area contributed by atoms with Crippen LogP contribution >= 0.6 is 0 Å². The summed E-state index contributed by atoms with van der Waals surface area (Å²) >= 11 is 0. The van der Waals surface area contributed by atoms with Crippen molar-refractivity contribution in [3.05, 3.63) is 24.5 Å². The average Bonchev–Trinajstić information content (AvgIpc) is 2.44. The monoisotopic (exact) mass is 322 g/mol. The molecule has 0 bridgehead atoms. The van der Waals surface area contributed by atoms with Crippen LogP contribution in [0.25, 0.3) is 0 Å². The highest BCUT2D eigenvalue weighted by Crippen LogP contribution is 2.10. The van der Waals surface area contributed by atoms with E-state index in [-0.39, 0.29) is 18.0 Å². The zero-order valence-corrected chi connectivity index (χ0v) is 14.4. The summed E-state index contributed by atoms with van der Waals surface area (Å²) in [5, 5.41) is 5.45. The van der Waals surface area contributed by atoms with Crippen molar-refractivity contribution in [2.75, 3.05) is 25.5 Å². The van der Waals surface area contributed by atoms with Crippen molar-refractivity contribution in [3.8, 4) is 0 Å². The summed E-state index contributed by atoms with van der Waals surface area (Å²) < 4.78 is 5.29. The van der Waals surface area contributed by atoms with Crippen LogP contribution in [0.5, 0.6) is 0 Å². The van der Waals surface area contributed by atoms with Crippen LogP contribution in [-0.4, -0.2) is 47.7 Å². The van der Waals surface area contributed by atoms with Crippen LogP contribution in [0.4, 0.5) is 15.3 Å². The Morgan fingerprint density at radius 1 is 1.39 bits per heavy atom. The van der Waals surface area contributed by atoms with Gasteiger partial charge in [0.15, 0.2) is 0 Å². The van der Waals surface area contributed by atoms with Gasteiger partial charge in [0, 0.05) is 26.3 Å². The summed E-state index contributed by atoms with van der Waals surface area (Å²) in [7, 11) is 1.68. The Balaban J connectivity index is 2.32. The second-order valence-electron chi connectivity index (χ2n) is 6.54. The lowest BCUT2D eigenvalue weighted by atomic mass is 10.1. The third-order valence-electron chi connectivity index (χ3n) is 2.82. The van der Waals surface area contributed by atoms with Gasteiger partial charge in [-0.3, -0.25) is 4.98 Å². The van der Waals surface area contributed by atoms with Crippen LogP contribution in [-0.2, 0) is 4.74 Å². The van der Waals surface area contributed by atoms with E-state index in [2.05, 4.69) is 15.6 Å². The molecule has 1 aromatic rings. The zero-order chi connectivity index (χ0) is 17.5. The Labute approximate surface area is 137 Å². The Morgan fingerprint density at radius 3 is 2.65 bits per heavy atom. The van der Waals surface area contributed by atoms with Crippen LogP contribution in [0.15, 0.2) is 24.5 Å². The lowest BCUT2D eigenvalue weighted by molar-refractivity contribution is 0.0278. The number of hydrogen-bond donors (Lipinski definition) is 2. The molecule has 0 saturated heterocycles. The van der Waals surface area contributed by atoms with Crippen molar-refractivity contribution in [3.63, 3.8) is 0 Å². The number of aromatic nitrogens is 1. The van der Waals surface area contributed by atoms with Gasteiger partial charge in [-0.05, 0) is 38.8 Å². The van der Waals surface area contributed by atoms with Crippen molar-refractivity contribution >= 4 is 17.8 Å². The van der Waals surface area contributed by atoms with Crippen molar-refractivity contribution in [1.29, 1.82) is 0 Å². The summed E-state index contributed by atoms with van der Waals surface area (Å²) in [6.07, 6.45) is 2.83. The minimum Gasteiger partial charge on any atom is -0.444 e. The molecule has 1 atom stereocenters. The molecule has 128 valence electrons. The summed E-state index contributed by atoms with van der Waals surface area (Å²) in [4.78, 5) is 29.1. The van der Waals surface area contributed by atoms with Crippen LogP contribution in [0.1, 0.15) is 27.7 Å². The van der Waals surface area contributed by atoms with Crippen LogP contribution in [0.3, 0.4) is 0 Å². The number of hydrogen-bond acceptors (Lipinski definition) is 4. The summed E-state index contributed by atoms with van der Waals surface area (Å²) in [6, 6.07) is 3.20. The molecule has 0 radical (unpaired) electrons. The molecule has 1 heterocycles. The number of urea groups is 1. The van der Waals surface area contributed by atoms with Crippen LogP contribution in [0, 0.1) is 5.92 Å². The highest BCUT2D eigenvalue weighted by atomic mass is 16.6. The molecule has 1 rings (SSSR count). The van der Waals surface area contributed by atoms with Crippen molar-refractivity contribution in [1.82, 2.24) is 15.2 Å². The fraction of sp³-hybridized carbons (Fsp3) is 0.562. The first-order valence-electron chi connectivity index (χ1n) is 7.56. The maximum Gasteiger partial charge on any atom is 0.410 e. The normalized spacial score (nSPS) is 12.2. The van der Waals surface area contributed by atoms with E-state index >= 15 is 0 Å². The zero-order valence-electron chi connectivity index (χ0n) is 14.4. The van der Waals surface area contributed by atoms with Gasteiger partial charge in [-0.2, -0.15) is 0 Å². The first-order valence-corrected chi connectivity index (χ1v) is 7.56. The summed E-state index contributed by atoms with van der Waals surface area (Å²) in [5.74, 6) is 0.0900. The van der Waals surface area contributed by atoms with E-state index in [0.29, 0.717) is 18.8 Å². The van der Waals surface area contributed by atoms with E-state index in [4.69, 9.17) is 4.74 Å². The van der Waals surface area contributed by atoms with Gasteiger partial charge < -0.3 is 20.3 Å². The molecule has 1 aromatic heterocycles. The topological polar surface area (TPSA) is 83.6 Å². The minimum absolute atomic E-state index is 0.0900. The smallest absolute Gasteiger partial charge is 0.410 e. The third kappa shape index (κ3) is 8.04. The van der Waals surface area contributed by atoms with Gasteiger partial charge in [0.25, 0.3) is 0 Å². The molecule has 1 unspecified atom stereocenters. The van der Waals surface area contributed by atoms with E-state index in [1.165, 1.54) is 4.90 Å². The second-order valence-corrected chi connectivity index (χ2v) is 6.54. The number of nitrogens with zero attached hydrogens (tertiary/aromatic N) is 2. The van der Waals surface area contributed by atoms with Gasteiger partial charge in [0.05, 0.1) is 11.9 Å². The van der Waals surface area contributed by atoms with Gasteiger partial charge in [-0.15, -0.1) is 0 Å². The minimum atomic E-state index is -0.517. The maximum absolute atomic E-state index is 11.9. The average molecular weight is 322 g/mol. The maximum atomic E-state index is 11.9. The fourth-order valence-corrected chi connectivity index (χ4v) is 1.83. The summed E-state index contributed by atoms with van der Waals surface area (Å²) in [6.45, 7) is 8.36. The van der Waals surface area contributed by atoms with Gasteiger partial charge >= 0.3 is 12.1 Å². The fourth-order valence-electron chi connectivity index (χ4n) is 1.83. The predicted molar refractivity (Wildman–Crippen MR) is 89.3 cm³/mol. The standard InChI is InChI=1S/C16H26N4O3/c1-12(11-20(5)15(22)23-16(2,3)4)9-18-14(21)19-13-7-6-8-17-10-13/h6-8,10,12H,9,11H2,1-5H3,(H2,18,19,21). The van der Waals surface area contributed by atoms with Crippen molar-refractivity contribution in [2.24, 2.45) is 5.92 Å². The highest BCUT2D eigenvalue weighted by Gasteiger charge is 2.20. The number of pyridine rings is 1. The number of ether oxygens (including phenoxy) is 1. The number of amides is 3. The number of rotatable bonds is 5. The second kappa shape index (κ2) is 8.36. The Hall–Kier alpha value is -2.31. The third-order valence-corrected chi connectivity index (χ3v) is 2.82. The molecular weight excluding hydrogens is 296 g/mol. The Kier molecular flexibility index (Phi) is 6.81. The lowest BCUT2D eigenvalue weighted by Crippen LogP contribution is -2.40. The van der Waals surface area contributed by atoms with E-state index in [0.717, 1.165) is 0 Å². The number of anilines is 1. The number of carbonyl (C=O) groups excluding carboxylic acids is 2. The number of nitrogens with one attached hydrogen (secondary N) is 2. The van der Waals surface area contributed by atoms with Crippen molar-refractivity contribution in [2.45, 2.75) is 33.3 Å². The molecule has 23 heavy (non-hydrogen) atoms. The first-order chi connectivity index (χ1) is 10.7. The SMILES string of the molecule is CC(CNC(=O)Nc1cccnc1)CN(C)C(=O)OC(C)(C)C. The van der Waals surface area contributed by atoms with Crippen LogP contribution < -0.4 is 10.6 Å².